The second-order valence-corrected chi connectivity index (χ2v) is 0. The summed E-state index contributed by atoms with van der Waals surface area (Å²) in [5.41, 5.74) is 0. The molecule has 0 nitrogen and oxygen atoms in total. The van der Waals surface area contributed by atoms with Crippen molar-refractivity contribution in [1.82, 2.24) is 0 Å². The smallest absolute Gasteiger partial charge is 0 e. The van der Waals surface area contributed by atoms with Gasteiger partial charge in [0.25, 0.3) is 0 Å². The summed E-state index contributed by atoms with van der Waals surface area (Å²) in [6.07, 6.45) is 0. The van der Waals surface area contributed by atoms with Gasteiger partial charge >= 0.3 is 23.1 Å². The van der Waals surface area contributed by atoms with Gasteiger partial charge in [-0.3, -0.25) is 0 Å². The van der Waals surface area contributed by atoms with Gasteiger partial charge in [-0.25, -0.2) is 0 Å². The van der Waals surface area contributed by atoms with Gasteiger partial charge in [0.05, 0.1) is 8.41 Å². The Morgan fingerprint density at radius 2 is 1.00 bits per heavy atom. The number of hydrogen-bond donors (Lipinski definition) is 0. The molecule has 0 unspecified atom stereocenters. The molecular formula is H8AlBMgNi. The van der Waals surface area contributed by atoms with Crippen molar-refractivity contribution < 1.29 is 16.5 Å². The molecule has 0 aromatic carbocycles. The van der Waals surface area contributed by atoms with E-state index in [1.54, 1.807) is 0 Å². The molecule has 4 heavy (non-hydrogen) atoms. The number of rotatable bonds is 0. The zero-order valence-corrected chi connectivity index (χ0v) is 1.30. The Kier molecular flexibility index (Phi) is 210. The van der Waals surface area contributed by atoms with E-state index in [9.17, 15) is 0 Å². The Morgan fingerprint density at radius 1 is 1.00 bits per heavy atom. The summed E-state index contributed by atoms with van der Waals surface area (Å²) in [5, 5.41) is 0. The second-order valence-electron chi connectivity index (χ2n) is 0. The Labute approximate surface area is 64.9 Å². The summed E-state index contributed by atoms with van der Waals surface area (Å²) in [6, 6.07) is 0. The fraction of sp³-hybridized carbons (Fsp3) is 0. The quantitative estimate of drug-likeness (QED) is 0.301. The van der Waals surface area contributed by atoms with Crippen LogP contribution in [0.5, 0.6) is 0 Å². The van der Waals surface area contributed by atoms with Crippen LogP contribution in [0.25, 0.3) is 0 Å². The Morgan fingerprint density at radius 3 is 1.00 bits per heavy atom. The van der Waals surface area contributed by atoms with Crippen LogP contribution in [-0.2, 0) is 16.5 Å². The van der Waals surface area contributed by atoms with Crippen molar-refractivity contribution in [2.75, 3.05) is 0 Å². The van der Waals surface area contributed by atoms with Gasteiger partial charge < -0.3 is 0 Å². The molecule has 4 heteroatoms. The minimum Gasteiger partial charge on any atom is 0 e. The maximum absolute atomic E-state index is 0. The molecule has 0 amide bonds. The largest absolute Gasteiger partial charge is 0.316 e. The van der Waals surface area contributed by atoms with Crippen LogP contribution in [0.15, 0.2) is 0 Å². The molecule has 0 rings (SSSR count). The number of hydrogen-bond acceptors (Lipinski definition) is 0. The molecule has 0 aliphatic heterocycles. The van der Waals surface area contributed by atoms with Gasteiger partial charge in [-0.2, -0.15) is 0 Å². The van der Waals surface area contributed by atoms with Gasteiger partial charge in [0.2, 0.25) is 0 Å². The third-order valence-electron chi connectivity index (χ3n) is 0. The van der Waals surface area contributed by atoms with Crippen molar-refractivity contribution in [3.05, 3.63) is 0 Å². The summed E-state index contributed by atoms with van der Waals surface area (Å²) in [5.74, 6) is 0. The first kappa shape index (κ1) is 40.1. The molecule has 0 saturated heterocycles. The molecule has 0 spiro atoms. The molecule has 0 atom stereocenters. The van der Waals surface area contributed by atoms with Crippen molar-refractivity contribution in [1.29, 1.82) is 0 Å². The minimum absolute atomic E-state index is 0. The van der Waals surface area contributed by atoms with Crippen LogP contribution >= 0.6 is 0 Å². The molecule has 0 radical (unpaired) electrons. The first-order valence-electron chi connectivity index (χ1n) is 0. The molecule has 0 aliphatic rings. The Balaban J connectivity index is 0. The summed E-state index contributed by atoms with van der Waals surface area (Å²) in [4.78, 5) is 0. The summed E-state index contributed by atoms with van der Waals surface area (Å²) in [7, 11) is 0. The van der Waals surface area contributed by atoms with Crippen molar-refractivity contribution in [2.45, 2.75) is 0 Å². The summed E-state index contributed by atoms with van der Waals surface area (Å²) < 4.78 is 0. The minimum atomic E-state index is 0. The van der Waals surface area contributed by atoms with E-state index in [1.165, 1.54) is 0 Å². The van der Waals surface area contributed by atoms with E-state index in [-0.39, 0.29) is 65.3 Å². The first-order chi connectivity index (χ1) is 0. The molecular weight excluding hydrogens is 121 g/mol. The van der Waals surface area contributed by atoms with Crippen LogP contribution in [0.1, 0.15) is 0 Å². The molecule has 0 fully saturated rings. The molecule has 0 aliphatic carbocycles. The fourth-order valence-corrected chi connectivity index (χ4v) is 0. The first-order valence-corrected chi connectivity index (χ1v) is 0. The van der Waals surface area contributed by atoms with Gasteiger partial charge in [-0.15, -0.1) is 0 Å². The van der Waals surface area contributed by atoms with Crippen LogP contribution in [-0.4, -0.2) is 48.8 Å². The van der Waals surface area contributed by atoms with Gasteiger partial charge in [0, 0.05) is 16.5 Å². The van der Waals surface area contributed by atoms with Crippen molar-refractivity contribution in [3.8, 4) is 0 Å². The zero-order valence-electron chi connectivity index (χ0n) is 0.316. The third kappa shape index (κ3) is 9.13. The predicted molar refractivity (Wildman–Crippen MR) is 28.4 cm³/mol. The SMILES string of the molecule is B.[AlH3].[MgH2].[Ni]. The monoisotopic (exact) mass is 128 g/mol. The molecule has 0 aromatic rings. The van der Waals surface area contributed by atoms with E-state index < -0.39 is 0 Å². The maximum atomic E-state index is 0. The van der Waals surface area contributed by atoms with E-state index in [2.05, 4.69) is 0 Å². The maximum Gasteiger partial charge on any atom is 0.316 e. The van der Waals surface area contributed by atoms with Crippen molar-refractivity contribution in [2.24, 2.45) is 0 Å². The standard InChI is InChI=1S/Al.BH3.Mg.Ni.5H/h;1H3;;;;;;;. The Bertz CT molecular complexity index is 8.00. The second kappa shape index (κ2) is 21.0. The molecule has 0 aromatic heterocycles. The average molecular weight is 129 g/mol. The average Bonchev–Trinajstić information content (AvgIpc) is 0. The summed E-state index contributed by atoms with van der Waals surface area (Å²) in [6.45, 7) is 0. The fourth-order valence-electron chi connectivity index (χ4n) is 0. The van der Waals surface area contributed by atoms with E-state index in [0.29, 0.717) is 0 Å². The molecule has 0 saturated carbocycles. The molecule has 26 valence electrons. The van der Waals surface area contributed by atoms with Crippen molar-refractivity contribution >= 4 is 48.8 Å². The summed E-state index contributed by atoms with van der Waals surface area (Å²) >= 11 is 0. The van der Waals surface area contributed by atoms with E-state index >= 15 is 0 Å². The van der Waals surface area contributed by atoms with E-state index in [0.717, 1.165) is 0 Å². The third-order valence-corrected chi connectivity index (χ3v) is 0. The van der Waals surface area contributed by atoms with Crippen LogP contribution in [0.2, 0.25) is 0 Å². The molecule has 0 N–H and O–H groups in total. The van der Waals surface area contributed by atoms with Gasteiger partial charge in [0.1, 0.15) is 0 Å². The molecule has 0 bridgehead atoms. The van der Waals surface area contributed by atoms with Crippen LogP contribution < -0.4 is 0 Å². The van der Waals surface area contributed by atoms with Gasteiger partial charge in [-0.1, -0.05) is 0 Å². The van der Waals surface area contributed by atoms with Crippen molar-refractivity contribution in [3.63, 3.8) is 0 Å². The molecule has 0 heterocycles. The van der Waals surface area contributed by atoms with Crippen LogP contribution in [0.3, 0.4) is 0 Å². The van der Waals surface area contributed by atoms with Gasteiger partial charge in [0.15, 0.2) is 17.4 Å². The predicted octanol–water partition coefficient (Wildman–Crippen LogP) is -3.29. The topological polar surface area (TPSA) is 0 Å². The van der Waals surface area contributed by atoms with E-state index in [4.69, 9.17) is 0 Å². The van der Waals surface area contributed by atoms with E-state index in [1.807, 2.05) is 0 Å². The zero-order chi connectivity index (χ0) is 0. The Hall–Kier alpha value is 1.86. The van der Waals surface area contributed by atoms with Crippen LogP contribution in [0, 0.1) is 0 Å². The van der Waals surface area contributed by atoms with Crippen LogP contribution in [0.4, 0.5) is 0 Å². The normalized spacial score (nSPS) is 0. The van der Waals surface area contributed by atoms with Gasteiger partial charge in [-0.05, 0) is 0 Å².